The fraction of sp³-hybridized carbons (Fsp3) is 0.500. The van der Waals surface area contributed by atoms with Crippen LogP contribution >= 0.6 is 0 Å². The van der Waals surface area contributed by atoms with Crippen LogP contribution in [0.25, 0.3) is 11.0 Å². The van der Waals surface area contributed by atoms with E-state index < -0.39 is 0 Å². The van der Waals surface area contributed by atoms with Crippen LogP contribution in [0, 0.1) is 12.8 Å². The van der Waals surface area contributed by atoms with Crippen LogP contribution in [0.15, 0.2) is 22.6 Å². The summed E-state index contributed by atoms with van der Waals surface area (Å²) in [6.07, 6.45) is 4.68. The average molecular weight is 301 g/mol. The van der Waals surface area contributed by atoms with E-state index in [1.54, 1.807) is 7.11 Å². The molecule has 1 aromatic carbocycles. The molecule has 4 heteroatoms. The van der Waals surface area contributed by atoms with Gasteiger partial charge in [-0.2, -0.15) is 0 Å². The van der Waals surface area contributed by atoms with E-state index in [0.717, 1.165) is 28.7 Å². The lowest BCUT2D eigenvalue weighted by molar-refractivity contribution is 0.0883. The van der Waals surface area contributed by atoms with Crippen LogP contribution in [0.2, 0.25) is 0 Å². The molecule has 1 fully saturated rings. The molecule has 22 heavy (non-hydrogen) atoms. The molecule has 4 nitrogen and oxygen atoms in total. The molecule has 0 saturated heterocycles. The Bertz CT molecular complexity index is 689. The Morgan fingerprint density at radius 3 is 2.82 bits per heavy atom. The molecule has 1 N–H and O–H groups in total. The number of nitrogens with one attached hydrogen (secondary N) is 1. The van der Waals surface area contributed by atoms with E-state index in [4.69, 9.17) is 9.15 Å². The number of benzene rings is 1. The summed E-state index contributed by atoms with van der Waals surface area (Å²) >= 11 is 0. The van der Waals surface area contributed by atoms with Gasteiger partial charge in [-0.3, -0.25) is 4.79 Å². The zero-order chi connectivity index (χ0) is 15.7. The standard InChI is InChI=1S/C18H23NO3/c1-11-6-4-5-7-15(11)19-18(20)17-12(2)14-10-13(21-3)8-9-16(14)22-17/h8-11,15H,4-7H2,1-3H3,(H,19,20). The van der Waals surface area contributed by atoms with Crippen LogP contribution in [0.5, 0.6) is 5.75 Å². The van der Waals surface area contributed by atoms with E-state index in [1.165, 1.54) is 19.3 Å². The average Bonchev–Trinajstić information content (AvgIpc) is 2.86. The number of carbonyl (C=O) groups is 1. The Balaban J connectivity index is 1.86. The number of ether oxygens (including phenoxy) is 1. The van der Waals surface area contributed by atoms with E-state index in [9.17, 15) is 4.79 Å². The zero-order valence-corrected chi connectivity index (χ0v) is 13.4. The molecule has 1 aliphatic rings. The number of rotatable bonds is 3. The first-order chi connectivity index (χ1) is 10.6. The van der Waals surface area contributed by atoms with Gasteiger partial charge in [-0.05, 0) is 43.9 Å². The fourth-order valence-corrected chi connectivity index (χ4v) is 3.31. The highest BCUT2D eigenvalue weighted by Crippen LogP contribution is 2.29. The van der Waals surface area contributed by atoms with E-state index >= 15 is 0 Å². The molecule has 2 atom stereocenters. The van der Waals surface area contributed by atoms with Crippen LogP contribution in [-0.2, 0) is 0 Å². The van der Waals surface area contributed by atoms with Gasteiger partial charge in [0, 0.05) is 17.0 Å². The van der Waals surface area contributed by atoms with Crippen molar-refractivity contribution < 1.29 is 13.9 Å². The van der Waals surface area contributed by atoms with Crippen molar-refractivity contribution in [2.24, 2.45) is 5.92 Å². The van der Waals surface area contributed by atoms with Crippen molar-refractivity contribution in [3.8, 4) is 5.75 Å². The first-order valence-electron chi connectivity index (χ1n) is 7.98. The number of aryl methyl sites for hydroxylation is 1. The Kier molecular flexibility index (Phi) is 4.10. The maximum absolute atomic E-state index is 12.6. The lowest BCUT2D eigenvalue weighted by Crippen LogP contribution is -2.41. The summed E-state index contributed by atoms with van der Waals surface area (Å²) in [5.41, 5.74) is 1.59. The summed E-state index contributed by atoms with van der Waals surface area (Å²) in [5, 5.41) is 4.08. The largest absolute Gasteiger partial charge is 0.497 e. The zero-order valence-electron chi connectivity index (χ0n) is 13.4. The molecule has 0 spiro atoms. The predicted octanol–water partition coefficient (Wildman–Crippen LogP) is 4.06. The van der Waals surface area contributed by atoms with E-state index in [2.05, 4.69) is 12.2 Å². The van der Waals surface area contributed by atoms with Gasteiger partial charge in [0.15, 0.2) is 5.76 Å². The van der Waals surface area contributed by atoms with Crippen molar-refractivity contribution in [3.63, 3.8) is 0 Å². The topological polar surface area (TPSA) is 51.5 Å². The third kappa shape index (κ3) is 2.70. The summed E-state index contributed by atoms with van der Waals surface area (Å²) < 4.78 is 11.0. The SMILES string of the molecule is COc1ccc2oc(C(=O)NC3CCCCC3C)c(C)c2c1. The molecular formula is C18H23NO3. The Morgan fingerprint density at radius 1 is 1.32 bits per heavy atom. The van der Waals surface area contributed by atoms with E-state index in [0.29, 0.717) is 11.7 Å². The maximum Gasteiger partial charge on any atom is 0.287 e. The van der Waals surface area contributed by atoms with Gasteiger partial charge >= 0.3 is 0 Å². The van der Waals surface area contributed by atoms with E-state index in [-0.39, 0.29) is 11.9 Å². The molecule has 2 aromatic rings. The van der Waals surface area contributed by atoms with Crippen LogP contribution in [0.3, 0.4) is 0 Å². The number of hydrogen-bond donors (Lipinski definition) is 1. The summed E-state index contributed by atoms with van der Waals surface area (Å²) in [7, 11) is 1.63. The highest BCUT2D eigenvalue weighted by Gasteiger charge is 2.26. The van der Waals surface area contributed by atoms with Crippen molar-refractivity contribution in [2.75, 3.05) is 7.11 Å². The van der Waals surface area contributed by atoms with Gasteiger partial charge in [-0.25, -0.2) is 0 Å². The first kappa shape index (κ1) is 14.9. The minimum atomic E-state index is -0.105. The highest BCUT2D eigenvalue weighted by atomic mass is 16.5. The van der Waals surface area contributed by atoms with Gasteiger partial charge in [-0.1, -0.05) is 19.8 Å². The smallest absolute Gasteiger partial charge is 0.287 e. The molecule has 1 aromatic heterocycles. The Morgan fingerprint density at radius 2 is 2.09 bits per heavy atom. The summed E-state index contributed by atoms with van der Waals surface area (Å²) in [6, 6.07) is 5.86. The number of furan rings is 1. The summed E-state index contributed by atoms with van der Waals surface area (Å²) in [4.78, 5) is 12.6. The van der Waals surface area contributed by atoms with Crippen molar-refractivity contribution in [1.29, 1.82) is 0 Å². The van der Waals surface area contributed by atoms with E-state index in [1.807, 2.05) is 25.1 Å². The maximum atomic E-state index is 12.6. The second-order valence-electron chi connectivity index (χ2n) is 6.26. The summed E-state index contributed by atoms with van der Waals surface area (Å²) in [5.74, 6) is 1.61. The predicted molar refractivity (Wildman–Crippen MR) is 86.4 cm³/mol. The molecule has 2 unspecified atom stereocenters. The summed E-state index contributed by atoms with van der Waals surface area (Å²) in [6.45, 7) is 4.13. The fourth-order valence-electron chi connectivity index (χ4n) is 3.31. The monoisotopic (exact) mass is 301 g/mol. The van der Waals surface area contributed by atoms with Crippen molar-refractivity contribution in [2.45, 2.75) is 45.6 Å². The third-order valence-electron chi connectivity index (χ3n) is 4.78. The number of methoxy groups -OCH3 is 1. The molecule has 118 valence electrons. The van der Waals surface area contributed by atoms with Crippen LogP contribution < -0.4 is 10.1 Å². The van der Waals surface area contributed by atoms with Crippen LogP contribution in [0.1, 0.15) is 48.7 Å². The molecule has 1 saturated carbocycles. The molecule has 0 radical (unpaired) electrons. The third-order valence-corrected chi connectivity index (χ3v) is 4.78. The lowest BCUT2D eigenvalue weighted by atomic mass is 9.86. The van der Waals surface area contributed by atoms with Crippen LogP contribution in [0.4, 0.5) is 0 Å². The van der Waals surface area contributed by atoms with Gasteiger partial charge in [0.1, 0.15) is 11.3 Å². The quantitative estimate of drug-likeness (QED) is 0.930. The minimum Gasteiger partial charge on any atom is -0.497 e. The first-order valence-corrected chi connectivity index (χ1v) is 7.98. The van der Waals surface area contributed by atoms with Gasteiger partial charge < -0.3 is 14.5 Å². The van der Waals surface area contributed by atoms with Gasteiger partial charge in [0.2, 0.25) is 0 Å². The van der Waals surface area contributed by atoms with Crippen molar-refractivity contribution in [3.05, 3.63) is 29.5 Å². The molecule has 1 heterocycles. The van der Waals surface area contributed by atoms with Gasteiger partial charge in [-0.15, -0.1) is 0 Å². The molecule has 3 rings (SSSR count). The highest BCUT2D eigenvalue weighted by molar-refractivity contribution is 5.99. The second-order valence-corrected chi connectivity index (χ2v) is 6.26. The minimum absolute atomic E-state index is 0.105. The molecule has 0 bridgehead atoms. The number of fused-ring (bicyclic) bond motifs is 1. The van der Waals surface area contributed by atoms with Crippen molar-refractivity contribution in [1.82, 2.24) is 5.32 Å². The molecule has 1 amide bonds. The Labute approximate surface area is 130 Å². The van der Waals surface area contributed by atoms with Gasteiger partial charge in [0.25, 0.3) is 5.91 Å². The number of amides is 1. The normalized spacial score (nSPS) is 21.8. The lowest BCUT2D eigenvalue weighted by Gasteiger charge is -2.29. The second kappa shape index (κ2) is 6.03. The molecule has 0 aliphatic heterocycles. The number of carbonyl (C=O) groups excluding carboxylic acids is 1. The van der Waals surface area contributed by atoms with Gasteiger partial charge in [0.05, 0.1) is 7.11 Å². The van der Waals surface area contributed by atoms with Crippen LogP contribution in [-0.4, -0.2) is 19.1 Å². The molecular weight excluding hydrogens is 278 g/mol. The molecule has 1 aliphatic carbocycles. The number of hydrogen-bond acceptors (Lipinski definition) is 3. The Hall–Kier alpha value is -1.97. The van der Waals surface area contributed by atoms with Crippen molar-refractivity contribution >= 4 is 16.9 Å².